The molecule has 1 saturated heterocycles. The van der Waals surface area contributed by atoms with Crippen molar-refractivity contribution in [3.05, 3.63) is 35.2 Å². The van der Waals surface area contributed by atoms with Crippen LogP contribution in [0.5, 0.6) is 11.5 Å². The van der Waals surface area contributed by atoms with E-state index in [1.807, 2.05) is 17.5 Å². The second-order valence-electron chi connectivity index (χ2n) is 6.30. The minimum absolute atomic E-state index is 0.0135. The number of thiophene rings is 1. The number of nitrogens with one attached hydrogen (secondary N) is 1. The Hall–Kier alpha value is -2.80. The molecule has 0 aliphatic carbocycles. The van der Waals surface area contributed by atoms with Crippen LogP contribution in [0.4, 0.5) is 0 Å². The van der Waals surface area contributed by atoms with Crippen LogP contribution in [0.15, 0.2) is 29.6 Å². The van der Waals surface area contributed by atoms with E-state index in [1.54, 1.807) is 23.5 Å². The van der Waals surface area contributed by atoms with Gasteiger partial charge in [0.25, 0.3) is 5.91 Å². The van der Waals surface area contributed by atoms with E-state index in [2.05, 4.69) is 5.32 Å². The van der Waals surface area contributed by atoms with Gasteiger partial charge in [-0.05, 0) is 46.8 Å². The molecule has 2 amide bonds. The summed E-state index contributed by atoms with van der Waals surface area (Å²) in [6, 6.07) is 7.56. The molecule has 2 aromatic carbocycles. The number of methoxy groups -OCH3 is 1. The van der Waals surface area contributed by atoms with Gasteiger partial charge in [0.05, 0.1) is 23.4 Å². The van der Waals surface area contributed by atoms with Crippen molar-refractivity contribution >= 4 is 44.0 Å². The summed E-state index contributed by atoms with van der Waals surface area (Å²) in [7, 11) is 1.51. The standard InChI is InChI=1S/C19H18N2O4S/c1-24-15-8-13-11(7-14(15)19(20)23)6-10-4-5-26-18(10)17(13)25-9-12-2-3-16(22)21-12/h4-8,12H,2-3,9H2,1H3,(H2,20,23)(H,21,22). The van der Waals surface area contributed by atoms with Crippen molar-refractivity contribution in [2.75, 3.05) is 13.7 Å². The van der Waals surface area contributed by atoms with Crippen molar-refractivity contribution in [1.29, 1.82) is 0 Å². The lowest BCUT2D eigenvalue weighted by molar-refractivity contribution is -0.119. The van der Waals surface area contributed by atoms with Crippen LogP contribution in [0.2, 0.25) is 0 Å². The highest BCUT2D eigenvalue weighted by Gasteiger charge is 2.22. The Morgan fingerprint density at radius 3 is 2.88 bits per heavy atom. The number of ether oxygens (including phenoxy) is 2. The van der Waals surface area contributed by atoms with Crippen molar-refractivity contribution < 1.29 is 19.1 Å². The molecule has 1 aliphatic rings. The molecule has 134 valence electrons. The number of hydrogen-bond acceptors (Lipinski definition) is 5. The fourth-order valence-corrected chi connectivity index (χ4v) is 4.20. The van der Waals surface area contributed by atoms with E-state index in [4.69, 9.17) is 15.2 Å². The van der Waals surface area contributed by atoms with E-state index in [-0.39, 0.29) is 11.9 Å². The molecule has 1 atom stereocenters. The van der Waals surface area contributed by atoms with Gasteiger partial charge in [-0.3, -0.25) is 9.59 Å². The van der Waals surface area contributed by atoms with E-state index >= 15 is 0 Å². The molecule has 2 heterocycles. The third kappa shape index (κ3) is 2.84. The predicted molar refractivity (Wildman–Crippen MR) is 101 cm³/mol. The van der Waals surface area contributed by atoms with Gasteiger partial charge >= 0.3 is 0 Å². The molecule has 7 heteroatoms. The molecule has 0 radical (unpaired) electrons. The Bertz CT molecular complexity index is 1030. The van der Waals surface area contributed by atoms with E-state index < -0.39 is 5.91 Å². The molecular weight excluding hydrogens is 352 g/mol. The zero-order valence-corrected chi connectivity index (χ0v) is 15.0. The molecule has 3 N–H and O–H groups in total. The molecule has 0 spiro atoms. The molecule has 4 rings (SSSR count). The lowest BCUT2D eigenvalue weighted by atomic mass is 10.0. The lowest BCUT2D eigenvalue weighted by Crippen LogP contribution is -2.30. The summed E-state index contributed by atoms with van der Waals surface area (Å²) in [5.74, 6) is 0.679. The summed E-state index contributed by atoms with van der Waals surface area (Å²) in [5, 5.41) is 7.66. The van der Waals surface area contributed by atoms with E-state index in [0.29, 0.717) is 24.3 Å². The largest absolute Gasteiger partial charge is 0.496 e. The summed E-state index contributed by atoms with van der Waals surface area (Å²) in [5.41, 5.74) is 5.81. The molecule has 0 bridgehead atoms. The molecule has 0 saturated carbocycles. The zero-order valence-electron chi connectivity index (χ0n) is 14.2. The molecule has 3 aromatic rings. The average molecular weight is 370 g/mol. The third-order valence-corrected chi connectivity index (χ3v) is 5.54. The normalized spacial score (nSPS) is 16.8. The first kappa shape index (κ1) is 16.7. The summed E-state index contributed by atoms with van der Waals surface area (Å²) in [6.45, 7) is 0.401. The second-order valence-corrected chi connectivity index (χ2v) is 7.21. The predicted octanol–water partition coefficient (Wildman–Crippen LogP) is 2.82. The molecule has 1 aliphatic heterocycles. The van der Waals surface area contributed by atoms with Crippen LogP contribution in [0.3, 0.4) is 0 Å². The average Bonchev–Trinajstić information content (AvgIpc) is 3.25. The summed E-state index contributed by atoms with van der Waals surface area (Å²) >= 11 is 1.59. The van der Waals surface area contributed by atoms with E-state index in [9.17, 15) is 9.59 Å². The van der Waals surface area contributed by atoms with Gasteiger partial charge in [0, 0.05) is 11.8 Å². The molecule has 6 nitrogen and oxygen atoms in total. The Kier molecular flexibility index (Phi) is 4.16. The van der Waals surface area contributed by atoms with Crippen LogP contribution >= 0.6 is 11.3 Å². The van der Waals surface area contributed by atoms with E-state index in [1.165, 1.54) is 7.11 Å². The monoisotopic (exact) mass is 370 g/mol. The number of carbonyl (C=O) groups is 2. The van der Waals surface area contributed by atoms with Crippen molar-refractivity contribution in [3.63, 3.8) is 0 Å². The number of nitrogens with two attached hydrogens (primary N) is 1. The van der Waals surface area contributed by atoms with Crippen LogP contribution in [-0.4, -0.2) is 31.6 Å². The maximum absolute atomic E-state index is 11.7. The SMILES string of the molecule is COc1cc2c(OCC3CCC(=O)N3)c3sccc3cc2cc1C(N)=O. The van der Waals surface area contributed by atoms with Gasteiger partial charge in [-0.15, -0.1) is 11.3 Å². The van der Waals surface area contributed by atoms with Crippen molar-refractivity contribution in [2.24, 2.45) is 5.73 Å². The van der Waals surface area contributed by atoms with E-state index in [0.717, 1.165) is 33.0 Å². The molecule has 1 fully saturated rings. The first-order valence-corrected chi connectivity index (χ1v) is 9.18. The maximum atomic E-state index is 11.7. The van der Waals surface area contributed by atoms with Gasteiger partial charge in [-0.2, -0.15) is 0 Å². The number of fused-ring (bicyclic) bond motifs is 2. The van der Waals surface area contributed by atoms with Gasteiger partial charge < -0.3 is 20.5 Å². The minimum atomic E-state index is -0.537. The first-order valence-electron chi connectivity index (χ1n) is 8.30. The number of amides is 2. The highest BCUT2D eigenvalue weighted by Crippen LogP contribution is 2.40. The van der Waals surface area contributed by atoms with Gasteiger partial charge in [-0.1, -0.05) is 0 Å². The fourth-order valence-electron chi connectivity index (χ4n) is 3.31. The summed E-state index contributed by atoms with van der Waals surface area (Å²) in [6.07, 6.45) is 1.31. The van der Waals surface area contributed by atoms with Crippen LogP contribution in [0, 0.1) is 0 Å². The van der Waals surface area contributed by atoms with Gasteiger partial charge in [0.2, 0.25) is 5.91 Å². The van der Waals surface area contributed by atoms with Crippen molar-refractivity contribution in [3.8, 4) is 11.5 Å². The topological polar surface area (TPSA) is 90.7 Å². The summed E-state index contributed by atoms with van der Waals surface area (Å²) < 4.78 is 12.5. The van der Waals surface area contributed by atoms with Crippen LogP contribution in [0.25, 0.3) is 20.9 Å². The van der Waals surface area contributed by atoms with Gasteiger partial charge in [0.15, 0.2) is 0 Å². The fraction of sp³-hybridized carbons (Fsp3) is 0.263. The smallest absolute Gasteiger partial charge is 0.252 e. The van der Waals surface area contributed by atoms with Crippen molar-refractivity contribution in [2.45, 2.75) is 18.9 Å². The first-order chi connectivity index (χ1) is 12.6. The van der Waals surface area contributed by atoms with Crippen LogP contribution in [-0.2, 0) is 4.79 Å². The second kappa shape index (κ2) is 6.49. The lowest BCUT2D eigenvalue weighted by Gasteiger charge is -2.16. The molecule has 1 aromatic heterocycles. The van der Waals surface area contributed by atoms with Crippen LogP contribution < -0.4 is 20.5 Å². The Balaban J connectivity index is 1.83. The third-order valence-electron chi connectivity index (χ3n) is 4.61. The highest BCUT2D eigenvalue weighted by atomic mass is 32.1. The highest BCUT2D eigenvalue weighted by molar-refractivity contribution is 7.17. The minimum Gasteiger partial charge on any atom is -0.496 e. The number of primary amides is 1. The number of rotatable bonds is 5. The van der Waals surface area contributed by atoms with Gasteiger partial charge in [-0.25, -0.2) is 0 Å². The Morgan fingerprint density at radius 1 is 1.35 bits per heavy atom. The van der Waals surface area contributed by atoms with Gasteiger partial charge in [0.1, 0.15) is 18.1 Å². The summed E-state index contributed by atoms with van der Waals surface area (Å²) in [4.78, 5) is 23.1. The number of hydrogen-bond donors (Lipinski definition) is 2. The molecule has 1 unspecified atom stereocenters. The van der Waals surface area contributed by atoms with Crippen LogP contribution in [0.1, 0.15) is 23.2 Å². The maximum Gasteiger partial charge on any atom is 0.252 e. The Labute approximate surface area is 153 Å². The zero-order chi connectivity index (χ0) is 18.3. The quantitative estimate of drug-likeness (QED) is 0.722. The molecule has 26 heavy (non-hydrogen) atoms. The van der Waals surface area contributed by atoms with Crippen molar-refractivity contribution in [1.82, 2.24) is 5.32 Å². The number of carbonyl (C=O) groups excluding carboxylic acids is 2. The molecular formula is C19H18N2O4S. The Morgan fingerprint density at radius 2 is 2.19 bits per heavy atom. The number of benzene rings is 2.